The minimum Gasteiger partial charge on any atom is -0.394 e. The van der Waals surface area contributed by atoms with E-state index in [0.29, 0.717) is 55.0 Å². The van der Waals surface area contributed by atoms with Crippen molar-refractivity contribution in [3.8, 4) is 0 Å². The van der Waals surface area contributed by atoms with Gasteiger partial charge in [-0.05, 0) is 73.0 Å². The van der Waals surface area contributed by atoms with Crippen molar-refractivity contribution in [1.29, 1.82) is 0 Å². The molecule has 5 saturated carbocycles. The fourth-order valence-electron chi connectivity index (χ4n) is 8.85. The second kappa shape index (κ2) is 5.79. The molecule has 4 nitrogen and oxygen atoms in total. The van der Waals surface area contributed by atoms with Crippen molar-refractivity contribution in [3.63, 3.8) is 0 Å². The molecule has 2 N–H and O–H groups in total. The van der Waals surface area contributed by atoms with Gasteiger partial charge >= 0.3 is 0 Å². The fraction of sp³-hybridized carbons (Fsp3) is 0.957. The summed E-state index contributed by atoms with van der Waals surface area (Å²) >= 11 is 0. The van der Waals surface area contributed by atoms with E-state index in [-0.39, 0.29) is 29.3 Å². The maximum atomic E-state index is 12.2. The zero-order chi connectivity index (χ0) is 19.2. The molecular weight excluding hydrogens is 340 g/mol. The Morgan fingerprint density at radius 3 is 2.67 bits per heavy atom. The van der Waals surface area contributed by atoms with Crippen LogP contribution in [0.15, 0.2) is 0 Å². The van der Waals surface area contributed by atoms with Crippen LogP contribution in [0.2, 0.25) is 0 Å². The van der Waals surface area contributed by atoms with E-state index in [0.717, 1.165) is 25.7 Å². The maximum Gasteiger partial charge on any atom is 0.135 e. The number of fused-ring (bicyclic) bond motifs is 8. The third-order valence-corrected chi connectivity index (χ3v) is 10.1. The van der Waals surface area contributed by atoms with Crippen LogP contribution in [-0.2, 0) is 9.53 Å². The minimum absolute atomic E-state index is 0.0971. The molecular formula is C23H36O4. The van der Waals surface area contributed by atoms with Crippen LogP contribution in [0.3, 0.4) is 0 Å². The zero-order valence-electron chi connectivity index (χ0n) is 17.1. The molecule has 0 bridgehead atoms. The second-order valence-corrected chi connectivity index (χ2v) is 11.1. The third kappa shape index (κ3) is 2.24. The van der Waals surface area contributed by atoms with Gasteiger partial charge in [0.25, 0.3) is 0 Å². The van der Waals surface area contributed by atoms with Crippen LogP contribution in [0.25, 0.3) is 0 Å². The van der Waals surface area contributed by atoms with Gasteiger partial charge in [-0.3, -0.25) is 4.79 Å². The Hall–Kier alpha value is -0.450. The Labute approximate surface area is 163 Å². The largest absolute Gasteiger partial charge is 0.394 e. The first-order valence-electron chi connectivity index (χ1n) is 11.2. The van der Waals surface area contributed by atoms with Crippen molar-refractivity contribution in [2.45, 2.75) is 77.4 Å². The number of ketones is 1. The summed E-state index contributed by atoms with van der Waals surface area (Å²) in [6, 6.07) is 0. The summed E-state index contributed by atoms with van der Waals surface area (Å²) in [5.41, 5.74) is -0.657. The minimum atomic E-state index is -0.751. The van der Waals surface area contributed by atoms with E-state index in [1.807, 2.05) is 0 Å². The van der Waals surface area contributed by atoms with Gasteiger partial charge in [-0.25, -0.2) is 0 Å². The Morgan fingerprint density at radius 2 is 1.93 bits per heavy atom. The van der Waals surface area contributed by atoms with E-state index in [1.54, 1.807) is 0 Å². The number of aliphatic hydroxyl groups excluding tert-OH is 1. The molecule has 0 radical (unpaired) electrons. The number of carbonyl (C=O) groups excluding carboxylic acids is 1. The molecule has 0 spiro atoms. The molecule has 5 rings (SSSR count). The topological polar surface area (TPSA) is 66.8 Å². The lowest BCUT2D eigenvalue weighted by atomic mass is 9.43. The fourth-order valence-corrected chi connectivity index (χ4v) is 8.85. The van der Waals surface area contributed by atoms with E-state index in [1.165, 1.54) is 6.42 Å². The number of ether oxygens (including phenoxy) is 1. The number of carbonyl (C=O) groups is 1. The quantitative estimate of drug-likeness (QED) is 0.794. The molecule has 5 fully saturated rings. The van der Waals surface area contributed by atoms with Gasteiger partial charge in [0.15, 0.2) is 0 Å². The van der Waals surface area contributed by atoms with Gasteiger partial charge in [-0.15, -0.1) is 0 Å². The summed E-state index contributed by atoms with van der Waals surface area (Å²) in [6.07, 6.45) is 6.79. The average molecular weight is 377 g/mol. The highest BCUT2D eigenvalue weighted by atomic mass is 16.5. The van der Waals surface area contributed by atoms with Gasteiger partial charge in [0.1, 0.15) is 5.78 Å². The van der Waals surface area contributed by atoms with Crippen LogP contribution in [0.1, 0.15) is 65.7 Å². The predicted octanol–water partition coefficient (Wildman–Crippen LogP) is 3.19. The number of Topliss-reactive ketones (excluding diaryl/α,β-unsaturated/α-hetero) is 1. The van der Waals surface area contributed by atoms with Crippen LogP contribution in [0.4, 0.5) is 0 Å². The normalized spacial score (nSPS) is 58.9. The molecule has 10 unspecified atom stereocenters. The Kier molecular flexibility index (Phi) is 3.99. The first kappa shape index (κ1) is 18.6. The molecule has 0 saturated heterocycles. The predicted molar refractivity (Wildman–Crippen MR) is 102 cm³/mol. The molecule has 0 amide bonds. The molecule has 4 heteroatoms. The number of hydrogen-bond donors (Lipinski definition) is 2. The summed E-state index contributed by atoms with van der Waals surface area (Å²) in [6.45, 7) is 7.61. The number of rotatable bonds is 3. The van der Waals surface area contributed by atoms with Crippen molar-refractivity contribution in [1.82, 2.24) is 0 Å². The van der Waals surface area contributed by atoms with Crippen LogP contribution >= 0.6 is 0 Å². The molecule has 0 aromatic carbocycles. The average Bonchev–Trinajstić information content (AvgIpc) is 3.37. The van der Waals surface area contributed by atoms with E-state index < -0.39 is 5.60 Å². The summed E-state index contributed by atoms with van der Waals surface area (Å²) in [4.78, 5) is 12.2. The van der Waals surface area contributed by atoms with Crippen LogP contribution in [0.5, 0.6) is 0 Å². The van der Waals surface area contributed by atoms with E-state index in [4.69, 9.17) is 4.74 Å². The number of aliphatic hydroxyl groups is 2. The maximum absolute atomic E-state index is 12.2. The van der Waals surface area contributed by atoms with E-state index in [9.17, 15) is 15.0 Å². The van der Waals surface area contributed by atoms with Crippen LogP contribution in [-0.4, -0.2) is 40.9 Å². The molecule has 0 aromatic rings. The van der Waals surface area contributed by atoms with Crippen molar-refractivity contribution >= 4 is 5.78 Å². The Morgan fingerprint density at radius 1 is 1.15 bits per heavy atom. The van der Waals surface area contributed by atoms with Crippen molar-refractivity contribution < 1.29 is 19.7 Å². The molecule has 10 atom stereocenters. The van der Waals surface area contributed by atoms with Crippen molar-refractivity contribution in [3.05, 3.63) is 0 Å². The lowest BCUT2D eigenvalue weighted by Crippen LogP contribution is -2.64. The first-order valence-corrected chi connectivity index (χ1v) is 11.2. The molecule has 0 heterocycles. The lowest BCUT2D eigenvalue weighted by Gasteiger charge is -2.62. The summed E-state index contributed by atoms with van der Waals surface area (Å²) in [7, 11) is 0. The summed E-state index contributed by atoms with van der Waals surface area (Å²) < 4.78 is 6.19. The van der Waals surface area contributed by atoms with Crippen molar-refractivity contribution in [2.24, 2.45) is 46.3 Å². The molecule has 27 heavy (non-hydrogen) atoms. The van der Waals surface area contributed by atoms with Gasteiger partial charge in [-0.1, -0.05) is 20.8 Å². The first-order chi connectivity index (χ1) is 12.8. The van der Waals surface area contributed by atoms with Crippen LogP contribution in [0, 0.1) is 46.3 Å². The van der Waals surface area contributed by atoms with Gasteiger partial charge in [0.2, 0.25) is 0 Å². The summed E-state index contributed by atoms with van der Waals surface area (Å²) in [5.74, 6) is 3.62. The van der Waals surface area contributed by atoms with Gasteiger partial charge in [-0.2, -0.15) is 0 Å². The second-order valence-electron chi connectivity index (χ2n) is 11.1. The number of hydrogen-bond acceptors (Lipinski definition) is 4. The molecule has 0 aliphatic heterocycles. The zero-order valence-corrected chi connectivity index (χ0v) is 17.1. The monoisotopic (exact) mass is 376 g/mol. The molecule has 5 aliphatic carbocycles. The van der Waals surface area contributed by atoms with Crippen molar-refractivity contribution in [2.75, 3.05) is 13.2 Å². The molecule has 152 valence electrons. The van der Waals surface area contributed by atoms with Gasteiger partial charge in [0, 0.05) is 18.3 Å². The standard InChI is InChI=1S/C23H36O4/c1-13-10-18-19-15-11-17(15)23(26)12-14(25)4-7-22(23,3)16(19)5-6-21(18,2)20(13)27-9-8-24/h13,15-20,24,26H,4-12H2,1-3H3. The Balaban J connectivity index is 1.49. The van der Waals surface area contributed by atoms with Crippen LogP contribution < -0.4 is 0 Å². The van der Waals surface area contributed by atoms with Gasteiger partial charge < -0.3 is 14.9 Å². The highest BCUT2D eigenvalue weighted by Gasteiger charge is 2.75. The Bertz CT molecular complexity index is 648. The third-order valence-electron chi connectivity index (χ3n) is 10.1. The highest BCUT2D eigenvalue weighted by molar-refractivity contribution is 5.81. The molecule has 5 aliphatic rings. The smallest absolute Gasteiger partial charge is 0.135 e. The summed E-state index contributed by atoms with van der Waals surface area (Å²) in [5, 5.41) is 21.0. The lowest BCUT2D eigenvalue weighted by molar-refractivity contribution is -0.213. The SMILES string of the molecule is CC1CC2C3C4CC4C4(O)CC(=O)CCC4(C)C3CCC2(C)C1OCCO. The van der Waals surface area contributed by atoms with E-state index >= 15 is 0 Å². The van der Waals surface area contributed by atoms with E-state index in [2.05, 4.69) is 20.8 Å². The van der Waals surface area contributed by atoms with Gasteiger partial charge in [0.05, 0.1) is 24.9 Å². The molecule has 0 aromatic heterocycles. The highest BCUT2D eigenvalue weighted by Crippen LogP contribution is 2.76.